The molecule has 158 valence electrons. The van der Waals surface area contributed by atoms with Crippen molar-refractivity contribution in [2.24, 2.45) is 0 Å². The van der Waals surface area contributed by atoms with Gasteiger partial charge in [0.15, 0.2) is 0 Å². The lowest BCUT2D eigenvalue weighted by molar-refractivity contribution is 0.0741. The number of rotatable bonds is 7. The minimum Gasteiger partial charge on any atom is -0.335 e. The molecule has 1 unspecified atom stereocenters. The molecule has 1 amide bonds. The maximum Gasteiger partial charge on any atom is 0.257 e. The highest BCUT2D eigenvalue weighted by Gasteiger charge is 2.23. The van der Waals surface area contributed by atoms with Gasteiger partial charge < -0.3 is 4.90 Å². The molecule has 0 aliphatic carbocycles. The molecule has 0 fully saturated rings. The fourth-order valence-electron chi connectivity index (χ4n) is 3.69. The van der Waals surface area contributed by atoms with Crippen molar-refractivity contribution in [1.29, 1.82) is 0 Å². The van der Waals surface area contributed by atoms with Crippen molar-refractivity contribution in [3.8, 4) is 5.69 Å². The van der Waals surface area contributed by atoms with Crippen molar-refractivity contribution < 1.29 is 4.79 Å². The number of aromatic nitrogens is 5. The lowest BCUT2D eigenvalue weighted by Gasteiger charge is -2.25. The summed E-state index contributed by atoms with van der Waals surface area (Å²) in [5, 5.41) is 8.66. The molecule has 4 aromatic rings. The zero-order valence-corrected chi connectivity index (χ0v) is 18.0. The predicted molar refractivity (Wildman–Crippen MR) is 119 cm³/mol. The molecular formula is C24H26N6O. The number of nitrogens with zero attached hydrogens (tertiary/aromatic N) is 6. The summed E-state index contributed by atoms with van der Waals surface area (Å²) in [6.07, 6.45) is 5.60. The van der Waals surface area contributed by atoms with Gasteiger partial charge in [0.05, 0.1) is 35.7 Å². The third-order valence-electron chi connectivity index (χ3n) is 5.65. The van der Waals surface area contributed by atoms with Crippen LogP contribution in [0.25, 0.3) is 5.69 Å². The van der Waals surface area contributed by atoms with Crippen LogP contribution in [0, 0.1) is 0 Å². The van der Waals surface area contributed by atoms with Gasteiger partial charge in [0, 0.05) is 7.05 Å². The standard InChI is InChI=1S/C24H26N6O/c1-4-23-22(14-26-29(23)15-19-8-6-5-7-9-19)24(31)28(3)18(2)20-10-12-21(13-11-20)30-17-25-16-27-30/h5-14,16-18H,4,15H2,1-3H3. The molecule has 0 spiro atoms. The molecular weight excluding hydrogens is 388 g/mol. The summed E-state index contributed by atoms with van der Waals surface area (Å²) < 4.78 is 3.63. The minimum atomic E-state index is -0.0838. The van der Waals surface area contributed by atoms with Crippen LogP contribution in [-0.4, -0.2) is 42.4 Å². The van der Waals surface area contributed by atoms with Gasteiger partial charge in [-0.1, -0.05) is 49.4 Å². The third-order valence-corrected chi connectivity index (χ3v) is 5.65. The quantitative estimate of drug-likeness (QED) is 0.460. The van der Waals surface area contributed by atoms with Crippen molar-refractivity contribution >= 4 is 5.91 Å². The first kappa shape index (κ1) is 20.5. The molecule has 2 heterocycles. The van der Waals surface area contributed by atoms with Crippen molar-refractivity contribution in [3.05, 3.63) is 95.8 Å². The Balaban J connectivity index is 1.52. The topological polar surface area (TPSA) is 68.8 Å². The second-order valence-electron chi connectivity index (χ2n) is 7.53. The molecule has 0 aliphatic heterocycles. The highest BCUT2D eigenvalue weighted by Crippen LogP contribution is 2.23. The van der Waals surface area contributed by atoms with Gasteiger partial charge in [-0.3, -0.25) is 9.48 Å². The van der Waals surface area contributed by atoms with Gasteiger partial charge in [-0.25, -0.2) is 9.67 Å². The molecule has 2 aromatic carbocycles. The number of amides is 1. The zero-order chi connectivity index (χ0) is 21.8. The second-order valence-corrected chi connectivity index (χ2v) is 7.53. The smallest absolute Gasteiger partial charge is 0.257 e. The van der Waals surface area contributed by atoms with Crippen LogP contribution in [0.5, 0.6) is 0 Å². The van der Waals surface area contributed by atoms with Gasteiger partial charge in [0.25, 0.3) is 5.91 Å². The predicted octanol–water partition coefficient (Wildman–Crippen LogP) is 3.91. The van der Waals surface area contributed by atoms with Crippen LogP contribution in [0.4, 0.5) is 0 Å². The average molecular weight is 415 g/mol. The average Bonchev–Trinajstić information content (AvgIpc) is 3.48. The van der Waals surface area contributed by atoms with Crippen LogP contribution in [0.3, 0.4) is 0 Å². The van der Waals surface area contributed by atoms with E-state index in [1.165, 1.54) is 6.33 Å². The summed E-state index contributed by atoms with van der Waals surface area (Å²) in [5.74, 6) is -0.0241. The Bertz CT molecular complexity index is 1130. The van der Waals surface area contributed by atoms with Crippen LogP contribution in [0.2, 0.25) is 0 Å². The van der Waals surface area contributed by atoms with E-state index in [0.29, 0.717) is 12.1 Å². The van der Waals surface area contributed by atoms with Crippen LogP contribution in [0.1, 0.15) is 47.1 Å². The molecule has 7 heteroatoms. The molecule has 0 bridgehead atoms. The Labute approximate surface area is 182 Å². The van der Waals surface area contributed by atoms with Gasteiger partial charge in [0.1, 0.15) is 12.7 Å². The first-order valence-corrected chi connectivity index (χ1v) is 10.4. The Kier molecular flexibility index (Phi) is 5.93. The van der Waals surface area contributed by atoms with Crippen molar-refractivity contribution in [3.63, 3.8) is 0 Å². The zero-order valence-electron chi connectivity index (χ0n) is 18.0. The summed E-state index contributed by atoms with van der Waals surface area (Å²) >= 11 is 0. The van der Waals surface area contributed by atoms with E-state index in [2.05, 4.69) is 34.2 Å². The third kappa shape index (κ3) is 4.26. The molecule has 2 aromatic heterocycles. The van der Waals surface area contributed by atoms with E-state index < -0.39 is 0 Å². The first-order valence-electron chi connectivity index (χ1n) is 10.4. The molecule has 0 saturated carbocycles. The molecule has 4 rings (SSSR count). The SMILES string of the molecule is CCc1c(C(=O)N(C)C(C)c2ccc(-n3cncn3)cc2)cnn1Cc1ccccc1. The van der Waals surface area contributed by atoms with Gasteiger partial charge in [-0.15, -0.1) is 0 Å². The number of carbonyl (C=O) groups is 1. The van der Waals surface area contributed by atoms with E-state index >= 15 is 0 Å². The van der Waals surface area contributed by atoms with Gasteiger partial charge >= 0.3 is 0 Å². The second kappa shape index (κ2) is 8.95. The number of benzene rings is 2. The molecule has 1 atom stereocenters. The molecule has 0 radical (unpaired) electrons. The van der Waals surface area contributed by atoms with E-state index in [1.54, 1.807) is 22.1 Å². The fourth-order valence-corrected chi connectivity index (χ4v) is 3.69. The lowest BCUT2D eigenvalue weighted by atomic mass is 10.1. The van der Waals surface area contributed by atoms with Crippen molar-refractivity contribution in [2.45, 2.75) is 32.9 Å². The molecule has 31 heavy (non-hydrogen) atoms. The van der Waals surface area contributed by atoms with Crippen LogP contribution >= 0.6 is 0 Å². The van der Waals surface area contributed by atoms with E-state index in [-0.39, 0.29) is 11.9 Å². The van der Waals surface area contributed by atoms with E-state index in [0.717, 1.165) is 28.9 Å². The molecule has 7 nitrogen and oxygen atoms in total. The number of carbonyl (C=O) groups excluding carboxylic acids is 1. The Morgan fingerprint density at radius 3 is 2.45 bits per heavy atom. The van der Waals surface area contributed by atoms with E-state index in [1.807, 2.05) is 61.1 Å². The summed E-state index contributed by atoms with van der Waals surface area (Å²) in [4.78, 5) is 19.1. The van der Waals surface area contributed by atoms with E-state index in [4.69, 9.17) is 0 Å². The van der Waals surface area contributed by atoms with Crippen molar-refractivity contribution in [1.82, 2.24) is 29.4 Å². The fraction of sp³-hybridized carbons (Fsp3) is 0.250. The number of hydrogen-bond acceptors (Lipinski definition) is 4. The highest BCUT2D eigenvalue weighted by atomic mass is 16.2. The Morgan fingerprint density at radius 1 is 1.06 bits per heavy atom. The summed E-state index contributed by atoms with van der Waals surface area (Å²) in [5.41, 5.74) is 4.75. The maximum absolute atomic E-state index is 13.3. The highest BCUT2D eigenvalue weighted by molar-refractivity contribution is 5.95. The van der Waals surface area contributed by atoms with Crippen LogP contribution < -0.4 is 0 Å². The minimum absolute atomic E-state index is 0.0241. The largest absolute Gasteiger partial charge is 0.335 e. The summed E-state index contributed by atoms with van der Waals surface area (Å²) in [6, 6.07) is 18.1. The molecule has 0 N–H and O–H groups in total. The van der Waals surface area contributed by atoms with Gasteiger partial charge in [0.2, 0.25) is 0 Å². The number of hydrogen-bond donors (Lipinski definition) is 0. The first-order chi connectivity index (χ1) is 15.1. The van der Waals surface area contributed by atoms with Gasteiger partial charge in [-0.05, 0) is 36.6 Å². The van der Waals surface area contributed by atoms with Crippen LogP contribution in [0.15, 0.2) is 73.4 Å². The Morgan fingerprint density at radius 2 is 1.81 bits per heavy atom. The maximum atomic E-state index is 13.3. The lowest BCUT2D eigenvalue weighted by Crippen LogP contribution is -2.30. The summed E-state index contributed by atoms with van der Waals surface area (Å²) in [7, 11) is 1.84. The molecule has 0 saturated heterocycles. The Hall–Kier alpha value is -3.74. The van der Waals surface area contributed by atoms with Gasteiger partial charge in [-0.2, -0.15) is 10.2 Å². The van der Waals surface area contributed by atoms with E-state index in [9.17, 15) is 4.79 Å². The van der Waals surface area contributed by atoms with Crippen LogP contribution in [-0.2, 0) is 13.0 Å². The summed E-state index contributed by atoms with van der Waals surface area (Å²) in [6.45, 7) is 4.74. The monoisotopic (exact) mass is 414 g/mol. The van der Waals surface area contributed by atoms with Crippen molar-refractivity contribution in [2.75, 3.05) is 7.05 Å². The normalized spacial score (nSPS) is 12.0. The molecule has 0 aliphatic rings.